The summed E-state index contributed by atoms with van der Waals surface area (Å²) < 4.78 is 30.3. The fraction of sp³-hybridized carbons (Fsp3) is 0.644. The van der Waals surface area contributed by atoms with Crippen molar-refractivity contribution in [3.8, 4) is 0 Å². The Morgan fingerprint density at radius 3 is 1.17 bits per heavy atom. The predicted octanol–water partition coefficient (Wildman–Crippen LogP) is 20.4. The van der Waals surface area contributed by atoms with Crippen LogP contribution in [0.1, 0.15) is 252 Å². The normalized spacial score (nSPS) is 14.5. The molecular formula is C73H123N2O7P. The van der Waals surface area contributed by atoms with Gasteiger partial charge in [0.05, 0.1) is 33.8 Å². The van der Waals surface area contributed by atoms with E-state index in [9.17, 15) is 19.0 Å². The summed E-state index contributed by atoms with van der Waals surface area (Å²) in [6, 6.07) is -0.925. The van der Waals surface area contributed by atoms with Gasteiger partial charge in [0.15, 0.2) is 0 Å². The van der Waals surface area contributed by atoms with Gasteiger partial charge in [-0.1, -0.05) is 257 Å². The highest BCUT2D eigenvalue weighted by Gasteiger charge is 2.27. The monoisotopic (exact) mass is 1170 g/mol. The summed E-state index contributed by atoms with van der Waals surface area (Å²) in [6.45, 7) is 6.57. The van der Waals surface area contributed by atoms with Crippen molar-refractivity contribution < 1.29 is 37.3 Å². The van der Waals surface area contributed by atoms with Crippen LogP contribution in [0.4, 0.5) is 0 Å². The maximum Gasteiger partial charge on any atom is 0.306 e. The van der Waals surface area contributed by atoms with Gasteiger partial charge in [-0.2, -0.15) is 0 Å². The lowest BCUT2D eigenvalue weighted by molar-refractivity contribution is -0.870. The van der Waals surface area contributed by atoms with Crippen molar-refractivity contribution >= 4 is 19.7 Å². The number of hydrogen-bond donors (Lipinski definition) is 1. The van der Waals surface area contributed by atoms with E-state index in [0.29, 0.717) is 23.9 Å². The molecule has 1 amide bonds. The Labute approximate surface area is 510 Å². The van der Waals surface area contributed by atoms with Gasteiger partial charge in [0.25, 0.3) is 7.82 Å². The molecule has 0 aromatic rings. The molecule has 472 valence electrons. The minimum Gasteiger partial charge on any atom is -0.756 e. The largest absolute Gasteiger partial charge is 0.756 e. The Morgan fingerprint density at radius 1 is 0.434 bits per heavy atom. The SMILES string of the molecule is CC/C=C\C/C=C\C/C=C\C/C=C\C/C=C\C/C=C\CCCCC(=O)OC(/C=C/CCCCCCCCCCCCC)C(COP(=O)([O-])OCC[N+](C)(C)C)NC(=O)CCCCCCCCC/C=C\C/C=C\C/C=C\C/C=C\C/C=C\CC. The van der Waals surface area contributed by atoms with E-state index in [1.165, 1.54) is 77.0 Å². The van der Waals surface area contributed by atoms with Gasteiger partial charge in [-0.15, -0.1) is 0 Å². The number of rotatable bonds is 58. The van der Waals surface area contributed by atoms with E-state index in [1.54, 1.807) is 0 Å². The molecule has 0 aliphatic carbocycles. The number of unbranched alkanes of at least 4 members (excludes halogenated alkanes) is 20. The molecule has 1 N–H and O–H groups in total. The first kappa shape index (κ1) is 78.9. The van der Waals surface area contributed by atoms with Crippen molar-refractivity contribution in [1.82, 2.24) is 5.32 Å². The number of carbonyl (C=O) groups excluding carboxylic acids is 2. The minimum absolute atomic E-state index is 0.0402. The molecule has 0 bridgehead atoms. The summed E-state index contributed by atoms with van der Waals surface area (Å²) in [6.07, 6.45) is 88.2. The van der Waals surface area contributed by atoms with Crippen molar-refractivity contribution in [2.24, 2.45) is 0 Å². The first-order chi connectivity index (χ1) is 40.4. The fourth-order valence-electron chi connectivity index (χ4n) is 8.73. The van der Waals surface area contributed by atoms with Crippen LogP contribution in [0, 0.1) is 0 Å². The first-order valence-electron chi connectivity index (χ1n) is 33.1. The number of phosphoric ester groups is 1. The van der Waals surface area contributed by atoms with E-state index in [-0.39, 0.29) is 25.4 Å². The molecule has 0 aliphatic rings. The highest BCUT2D eigenvalue weighted by molar-refractivity contribution is 7.45. The van der Waals surface area contributed by atoms with Gasteiger partial charge in [-0.25, -0.2) is 0 Å². The second kappa shape index (κ2) is 61.0. The van der Waals surface area contributed by atoms with Gasteiger partial charge in [0, 0.05) is 12.8 Å². The maximum atomic E-state index is 13.6. The van der Waals surface area contributed by atoms with E-state index in [0.717, 1.165) is 128 Å². The summed E-state index contributed by atoms with van der Waals surface area (Å²) in [5.74, 6) is -0.614. The molecule has 0 aliphatic heterocycles. The van der Waals surface area contributed by atoms with Gasteiger partial charge in [0.1, 0.15) is 19.3 Å². The molecule has 0 radical (unpaired) electrons. The number of allylic oxidation sites excluding steroid dienone is 23. The number of nitrogens with one attached hydrogen (secondary N) is 1. The minimum atomic E-state index is -4.73. The molecule has 0 fully saturated rings. The van der Waals surface area contributed by atoms with E-state index < -0.39 is 32.5 Å². The highest BCUT2D eigenvalue weighted by atomic mass is 31.2. The molecule has 0 aromatic carbocycles. The van der Waals surface area contributed by atoms with Gasteiger partial charge in [-0.3, -0.25) is 14.2 Å². The summed E-state index contributed by atoms with van der Waals surface area (Å²) in [7, 11) is 1.13. The zero-order valence-corrected chi connectivity index (χ0v) is 54.7. The van der Waals surface area contributed by atoms with Crippen LogP contribution in [0.3, 0.4) is 0 Å². The lowest BCUT2D eigenvalue weighted by Gasteiger charge is -2.30. The standard InChI is InChI=1S/C73H123N2O7P/c1-7-10-13-16-19-22-25-28-30-32-34-36-37-39-40-42-44-47-50-53-56-59-62-65-72(76)74-70(69-81-83(78,79)80-68-67-75(4,5)6)71(64-61-58-55-52-49-46-27-24-21-18-15-12-9-3)82-73(77)66-63-60-57-54-51-48-45-43-41-38-35-33-31-29-26-23-20-17-14-11-8-2/h10-11,13-14,19-20,22-23,28-31,34-36,38-40,43,45,51,54,61,64,70-71H,7-9,12,15-18,21,24-27,32-33,37,41-42,44,46-50,52-53,55-60,62-63,65-69H2,1-6H3,(H-,74,76,78,79)/b13-10-,14-11-,22-19-,23-20-,30-28-,31-29-,36-34-,38-35-,40-39-,45-43-,54-51-,64-61+. The summed E-state index contributed by atoms with van der Waals surface area (Å²) in [5.41, 5.74) is 0. The third-order valence-electron chi connectivity index (χ3n) is 13.8. The molecule has 9 nitrogen and oxygen atoms in total. The van der Waals surface area contributed by atoms with Gasteiger partial charge < -0.3 is 28.5 Å². The predicted molar refractivity (Wildman–Crippen MR) is 357 cm³/mol. The Kier molecular flexibility index (Phi) is 58.0. The van der Waals surface area contributed by atoms with Crippen molar-refractivity contribution in [3.63, 3.8) is 0 Å². The van der Waals surface area contributed by atoms with Gasteiger partial charge in [-0.05, 0) is 128 Å². The van der Waals surface area contributed by atoms with Crippen molar-refractivity contribution in [2.45, 2.75) is 264 Å². The summed E-state index contributed by atoms with van der Waals surface area (Å²) >= 11 is 0. The molecule has 0 saturated heterocycles. The topological polar surface area (TPSA) is 114 Å². The van der Waals surface area contributed by atoms with E-state index in [4.69, 9.17) is 13.8 Å². The number of esters is 1. The van der Waals surface area contributed by atoms with Crippen LogP contribution in [0.25, 0.3) is 0 Å². The van der Waals surface area contributed by atoms with E-state index >= 15 is 0 Å². The van der Waals surface area contributed by atoms with Crippen molar-refractivity contribution in [1.29, 1.82) is 0 Å². The summed E-state index contributed by atoms with van der Waals surface area (Å²) in [4.78, 5) is 40.1. The smallest absolute Gasteiger partial charge is 0.306 e. The molecule has 0 heterocycles. The quantitative estimate of drug-likeness (QED) is 0.0212. The number of amides is 1. The number of phosphoric acid groups is 1. The average Bonchev–Trinajstić information content (AvgIpc) is 3.47. The van der Waals surface area contributed by atoms with Crippen molar-refractivity contribution in [2.75, 3.05) is 40.9 Å². The van der Waals surface area contributed by atoms with E-state index in [2.05, 4.69) is 160 Å². The molecule has 3 unspecified atom stereocenters. The Balaban J connectivity index is 5.33. The molecule has 0 rings (SSSR count). The third kappa shape index (κ3) is 62.2. The third-order valence-corrected chi connectivity index (χ3v) is 14.7. The van der Waals surface area contributed by atoms with Crippen LogP contribution >= 0.6 is 7.82 Å². The van der Waals surface area contributed by atoms with Crippen molar-refractivity contribution in [3.05, 3.63) is 146 Å². The van der Waals surface area contributed by atoms with E-state index in [1.807, 2.05) is 33.3 Å². The zero-order chi connectivity index (χ0) is 60.7. The molecule has 0 aromatic heterocycles. The van der Waals surface area contributed by atoms with Gasteiger partial charge in [0.2, 0.25) is 5.91 Å². The molecule has 0 saturated carbocycles. The van der Waals surface area contributed by atoms with Crippen LogP contribution in [-0.4, -0.2) is 69.4 Å². The van der Waals surface area contributed by atoms with Crippen LogP contribution in [0.5, 0.6) is 0 Å². The fourth-order valence-corrected chi connectivity index (χ4v) is 9.45. The second-order valence-corrected chi connectivity index (χ2v) is 24.3. The van der Waals surface area contributed by atoms with Crippen LogP contribution < -0.4 is 10.2 Å². The van der Waals surface area contributed by atoms with Gasteiger partial charge >= 0.3 is 5.97 Å². The first-order valence-corrected chi connectivity index (χ1v) is 34.6. The number of carbonyl (C=O) groups is 2. The number of likely N-dealkylation sites (N-methyl/N-ethyl adjacent to an activating group) is 1. The zero-order valence-electron chi connectivity index (χ0n) is 53.8. The number of ether oxygens (including phenoxy) is 1. The molecule has 0 spiro atoms. The maximum absolute atomic E-state index is 13.6. The average molecular weight is 1170 g/mol. The summed E-state index contributed by atoms with van der Waals surface area (Å²) in [5, 5.41) is 3.02. The van der Waals surface area contributed by atoms with Crippen LogP contribution in [0.2, 0.25) is 0 Å². The lowest BCUT2D eigenvalue weighted by atomic mass is 10.0. The molecular weight excluding hydrogens is 1050 g/mol. The number of hydrogen-bond acceptors (Lipinski definition) is 7. The molecule has 3 atom stereocenters. The number of nitrogens with zero attached hydrogens (tertiary/aromatic N) is 1. The second-order valence-electron chi connectivity index (χ2n) is 22.9. The lowest BCUT2D eigenvalue weighted by Crippen LogP contribution is -2.47. The highest BCUT2D eigenvalue weighted by Crippen LogP contribution is 2.38. The molecule has 10 heteroatoms. The molecule has 83 heavy (non-hydrogen) atoms. The Bertz CT molecular complexity index is 1930. The Morgan fingerprint density at radius 2 is 0.771 bits per heavy atom. The number of quaternary nitrogens is 1. The Hall–Kier alpha value is -4.11. The van der Waals surface area contributed by atoms with Crippen LogP contribution in [-0.2, 0) is 27.9 Å². The van der Waals surface area contributed by atoms with Crippen LogP contribution in [0.15, 0.2) is 146 Å².